The summed E-state index contributed by atoms with van der Waals surface area (Å²) >= 11 is 0. The number of Topliss-reactive ketones (excluding diaryl/α,β-unsaturated/α-hetero) is 1. The zero-order valence-corrected chi connectivity index (χ0v) is 32.3. The number of hydrazone groups is 1. The number of nitrogen functional groups attached to an aromatic ring is 1. The molecular formula is C26H25N5O19S6. The van der Waals surface area contributed by atoms with Crippen LogP contribution < -0.4 is 11.2 Å². The van der Waals surface area contributed by atoms with E-state index in [1.165, 1.54) is 0 Å². The van der Waals surface area contributed by atoms with Gasteiger partial charge in [0.2, 0.25) is 5.78 Å². The molecule has 0 aromatic heterocycles. The Kier molecular flexibility index (Phi) is 12.7. The molecule has 0 radical (unpaired) electrons. The number of nitrogens with one attached hydrogen (secondary N) is 1. The topological polar surface area (TPSA) is 396 Å². The molecule has 24 nitrogen and oxygen atoms in total. The highest BCUT2D eigenvalue weighted by Gasteiger charge is 2.37. The lowest BCUT2D eigenvalue weighted by Crippen LogP contribution is -2.28. The molecule has 3 aromatic rings. The third-order valence-electron chi connectivity index (χ3n) is 6.99. The minimum absolute atomic E-state index is 0.0756. The summed E-state index contributed by atoms with van der Waals surface area (Å²) in [4.78, 5) is 10.7. The van der Waals surface area contributed by atoms with Crippen LogP contribution in [0.25, 0.3) is 6.08 Å². The number of ketones is 1. The number of fused-ring (bicyclic) bond motifs is 1. The number of nitrogens with two attached hydrogens (primary N) is 1. The minimum Gasteiger partial charge on any atom is -0.396 e. The van der Waals surface area contributed by atoms with Gasteiger partial charge < -0.3 is 5.73 Å². The fraction of sp³-hybridized carbons (Fsp3) is 0.154. The van der Waals surface area contributed by atoms with Gasteiger partial charge in [0.1, 0.15) is 15.5 Å². The van der Waals surface area contributed by atoms with Gasteiger partial charge in [-0.2, -0.15) is 43.9 Å². The summed E-state index contributed by atoms with van der Waals surface area (Å²) in [6.07, 6.45) is 0.600. The normalized spacial score (nSPS) is 15.2. The number of azo groups is 1. The molecule has 0 heterocycles. The van der Waals surface area contributed by atoms with Gasteiger partial charge in [0.05, 0.1) is 57.1 Å². The van der Waals surface area contributed by atoms with Gasteiger partial charge in [-0.15, -0.1) is 5.11 Å². The first-order chi connectivity index (χ1) is 25.6. The standard InChI is InChI=1S/C26H25N5O19S6/c27-23-22-15(13-20(53(37,38)39)24(23)30-28-16-1-5-18(6-2-16)51(33,34)11-9-49-55(43,44)45)14-21(54(40,41)42)25(26(22)32)31-29-17-3-7-19(8-4-17)52(35,36)12-10-50-56(46,47)48/h1-8,13-14,29H,9-12,27H2,(H,37,38,39)(H,40,41,42)(H,43,44,45)(H,46,47,48)/b30-28?,31-25-. The maximum atomic E-state index is 13.7. The first-order valence-corrected chi connectivity index (χ1v) is 23.3. The highest BCUT2D eigenvalue weighted by Crippen LogP contribution is 2.41. The zero-order valence-electron chi connectivity index (χ0n) is 27.4. The van der Waals surface area contributed by atoms with Gasteiger partial charge in [-0.1, -0.05) is 0 Å². The molecule has 0 unspecified atom stereocenters. The van der Waals surface area contributed by atoms with Crippen LogP contribution in [0.15, 0.2) is 89.5 Å². The summed E-state index contributed by atoms with van der Waals surface area (Å²) in [5.41, 5.74) is 4.31. The molecule has 1 aliphatic rings. The lowest BCUT2D eigenvalue weighted by molar-refractivity contribution is 0.106. The predicted octanol–water partition coefficient (Wildman–Crippen LogP) is 1.01. The Labute approximate surface area is 318 Å². The van der Waals surface area contributed by atoms with E-state index in [1.807, 2.05) is 0 Å². The van der Waals surface area contributed by atoms with E-state index in [-0.39, 0.29) is 21.2 Å². The largest absolute Gasteiger partial charge is 0.397 e. The third-order valence-corrected chi connectivity index (χ3v) is 13.0. The van der Waals surface area contributed by atoms with Crippen LogP contribution in [-0.4, -0.2) is 105 Å². The average Bonchev–Trinajstić information content (AvgIpc) is 3.05. The Morgan fingerprint density at radius 1 is 0.661 bits per heavy atom. The van der Waals surface area contributed by atoms with E-state index in [4.69, 9.17) is 14.8 Å². The van der Waals surface area contributed by atoms with Crippen LogP contribution in [0.1, 0.15) is 15.9 Å². The van der Waals surface area contributed by atoms with Gasteiger partial charge in [-0.25, -0.2) is 25.2 Å². The Balaban J connectivity index is 1.69. The summed E-state index contributed by atoms with van der Waals surface area (Å²) in [5.74, 6) is -3.07. The Morgan fingerprint density at radius 3 is 1.59 bits per heavy atom. The van der Waals surface area contributed by atoms with Gasteiger partial charge >= 0.3 is 20.8 Å². The summed E-state index contributed by atoms with van der Waals surface area (Å²) in [5, 5.41) is 11.2. The number of allylic oxidation sites excluding steroid dienone is 1. The van der Waals surface area contributed by atoms with Gasteiger partial charge in [0.15, 0.2) is 25.4 Å². The van der Waals surface area contributed by atoms with E-state index >= 15 is 0 Å². The Morgan fingerprint density at radius 2 is 1.14 bits per heavy atom. The molecule has 0 bridgehead atoms. The van der Waals surface area contributed by atoms with Crippen molar-refractivity contribution < 1.29 is 81.9 Å². The smallest absolute Gasteiger partial charge is 0.396 e. The number of hydrogen-bond donors (Lipinski definition) is 6. The number of nitrogens with zero attached hydrogens (tertiary/aromatic N) is 3. The van der Waals surface area contributed by atoms with E-state index in [0.29, 0.717) is 12.1 Å². The van der Waals surface area contributed by atoms with Crippen molar-refractivity contribution in [3.8, 4) is 0 Å². The molecule has 0 spiro atoms. The van der Waals surface area contributed by atoms with Crippen molar-refractivity contribution in [2.24, 2.45) is 15.3 Å². The molecule has 4 rings (SSSR count). The average molecular weight is 904 g/mol. The van der Waals surface area contributed by atoms with Crippen molar-refractivity contribution in [1.29, 1.82) is 0 Å². The quantitative estimate of drug-likeness (QED) is 0.0505. The van der Waals surface area contributed by atoms with Crippen molar-refractivity contribution in [2.45, 2.75) is 14.7 Å². The van der Waals surface area contributed by atoms with E-state index < -0.39 is 129 Å². The van der Waals surface area contributed by atoms with Gasteiger partial charge in [0, 0.05) is 0 Å². The van der Waals surface area contributed by atoms with Crippen molar-refractivity contribution in [3.63, 3.8) is 0 Å². The highest BCUT2D eigenvalue weighted by molar-refractivity contribution is 7.92. The van der Waals surface area contributed by atoms with Crippen LogP contribution in [0.5, 0.6) is 0 Å². The third kappa shape index (κ3) is 11.3. The van der Waals surface area contributed by atoms with E-state index in [2.05, 4.69) is 29.1 Å². The molecule has 3 aromatic carbocycles. The molecule has 7 N–H and O–H groups in total. The Bertz CT molecular complexity index is 2860. The molecule has 0 aliphatic heterocycles. The molecule has 304 valence electrons. The van der Waals surface area contributed by atoms with Crippen LogP contribution in [-0.2, 0) is 69.1 Å². The summed E-state index contributed by atoms with van der Waals surface area (Å²) in [6.45, 7) is -1.83. The Hall–Kier alpha value is -4.60. The van der Waals surface area contributed by atoms with E-state index in [1.54, 1.807) is 0 Å². The first kappa shape index (κ1) is 44.1. The van der Waals surface area contributed by atoms with Crippen LogP contribution >= 0.6 is 0 Å². The van der Waals surface area contributed by atoms with Gasteiger partial charge in [-0.05, 0) is 66.2 Å². The number of anilines is 2. The fourth-order valence-electron chi connectivity index (χ4n) is 4.52. The van der Waals surface area contributed by atoms with Crippen LogP contribution in [0, 0.1) is 0 Å². The maximum absolute atomic E-state index is 13.7. The lowest BCUT2D eigenvalue weighted by atomic mass is 9.92. The van der Waals surface area contributed by atoms with Crippen molar-refractivity contribution in [1.82, 2.24) is 0 Å². The van der Waals surface area contributed by atoms with Crippen molar-refractivity contribution in [2.75, 3.05) is 35.9 Å². The summed E-state index contributed by atoms with van der Waals surface area (Å²) in [6, 6.07) is 8.88. The van der Waals surface area contributed by atoms with E-state index in [0.717, 1.165) is 48.5 Å². The maximum Gasteiger partial charge on any atom is 0.397 e. The highest BCUT2D eigenvalue weighted by atomic mass is 32.3. The van der Waals surface area contributed by atoms with Crippen LogP contribution in [0.3, 0.4) is 0 Å². The number of rotatable bonds is 16. The first-order valence-electron chi connectivity index (χ1n) is 14.4. The second-order valence-electron chi connectivity index (χ2n) is 10.8. The molecule has 0 saturated heterocycles. The fourth-order valence-corrected chi connectivity index (χ4v) is 8.82. The van der Waals surface area contributed by atoms with Crippen molar-refractivity contribution >= 4 is 101 Å². The van der Waals surface area contributed by atoms with Gasteiger partial charge in [-0.3, -0.25) is 28.4 Å². The van der Waals surface area contributed by atoms with Crippen LogP contribution in [0.2, 0.25) is 0 Å². The molecule has 30 heteroatoms. The number of hydrogen-bond acceptors (Lipinski definition) is 20. The zero-order chi connectivity index (χ0) is 42.1. The molecule has 0 fully saturated rings. The second kappa shape index (κ2) is 16.1. The molecule has 56 heavy (non-hydrogen) atoms. The second-order valence-corrected chi connectivity index (χ2v) is 20.0. The number of carbonyl (C=O) groups is 1. The molecule has 0 amide bonds. The number of carbonyl (C=O) groups excluding carboxylic acids is 1. The number of benzene rings is 3. The SMILES string of the molecule is Nc1c(N=Nc2ccc(S(=O)(=O)CCOS(=O)(=O)O)cc2)c(S(=O)(=O)O)cc2c1C(=O)/C(=N\Nc1ccc(S(=O)(=O)CCOS(=O)(=O)O)cc1)C(S(=O)(=O)O)=C2. The minimum atomic E-state index is -5.31. The number of sulfone groups is 2. The van der Waals surface area contributed by atoms with Crippen LogP contribution in [0.4, 0.5) is 22.7 Å². The lowest BCUT2D eigenvalue weighted by Gasteiger charge is -2.20. The molecule has 1 aliphatic carbocycles. The summed E-state index contributed by atoms with van der Waals surface area (Å²) in [7, 11) is -28.7. The molecule has 0 atom stereocenters. The van der Waals surface area contributed by atoms with Gasteiger partial charge in [0.25, 0.3) is 20.2 Å². The molecular weight excluding hydrogens is 879 g/mol. The molecule has 0 saturated carbocycles. The summed E-state index contributed by atoms with van der Waals surface area (Å²) < 4.78 is 187. The monoisotopic (exact) mass is 903 g/mol. The van der Waals surface area contributed by atoms with Crippen molar-refractivity contribution in [3.05, 3.63) is 70.6 Å². The predicted molar refractivity (Wildman–Crippen MR) is 192 cm³/mol. The van der Waals surface area contributed by atoms with E-state index in [9.17, 15) is 64.4 Å².